The third-order valence-corrected chi connectivity index (χ3v) is 7.33. The van der Waals surface area contributed by atoms with Crippen LogP contribution in [0, 0.1) is 5.92 Å². The summed E-state index contributed by atoms with van der Waals surface area (Å²) in [5, 5.41) is 3.87. The first-order valence-corrected chi connectivity index (χ1v) is 14.0. The monoisotopic (exact) mass is 581 g/mol. The molecule has 0 radical (unpaired) electrons. The lowest BCUT2D eigenvalue weighted by Gasteiger charge is -2.32. The average molecular weight is 583 g/mol. The van der Waals surface area contributed by atoms with Gasteiger partial charge in [0.2, 0.25) is 21.8 Å². The zero-order valence-electron chi connectivity index (χ0n) is 19.7. The van der Waals surface area contributed by atoms with E-state index in [1.807, 2.05) is 13.8 Å². The topological polar surface area (TPSA) is 86.8 Å². The molecular formula is C23H27Cl4N3O4S. The molecule has 0 aliphatic heterocycles. The van der Waals surface area contributed by atoms with Gasteiger partial charge in [-0.1, -0.05) is 66.3 Å². The van der Waals surface area contributed by atoms with Crippen LogP contribution in [0.25, 0.3) is 0 Å². The van der Waals surface area contributed by atoms with Crippen LogP contribution < -0.4 is 9.62 Å². The standard InChI is InChI=1S/C23H27Cl4N3O4S/c1-14(2)11-28-23(32)15(3)29(12-16-5-6-17(24)9-20(16)27)22(31)13-30(35(4,33)34)21-10-18(25)7-8-19(21)26/h5-10,14-15H,11-13H2,1-4H3,(H,28,32)/t15-/m0/s1. The van der Waals surface area contributed by atoms with Crippen LogP contribution in [0.2, 0.25) is 20.1 Å². The molecule has 192 valence electrons. The van der Waals surface area contributed by atoms with Gasteiger partial charge in [0.15, 0.2) is 0 Å². The molecule has 12 heteroatoms. The molecule has 0 aromatic heterocycles. The SMILES string of the molecule is CC(C)CNC(=O)[C@H](C)N(Cc1ccc(Cl)cc1Cl)C(=O)CN(c1cc(Cl)ccc1Cl)S(C)(=O)=O. The lowest BCUT2D eigenvalue weighted by molar-refractivity contribution is -0.139. The van der Waals surface area contributed by atoms with E-state index in [1.54, 1.807) is 19.1 Å². The Bertz CT molecular complexity index is 1190. The maximum absolute atomic E-state index is 13.5. The molecule has 7 nitrogen and oxygen atoms in total. The van der Waals surface area contributed by atoms with E-state index >= 15 is 0 Å². The van der Waals surface area contributed by atoms with Crippen molar-refractivity contribution in [2.75, 3.05) is 23.7 Å². The molecule has 0 unspecified atom stereocenters. The number of halogens is 4. The van der Waals surface area contributed by atoms with Gasteiger partial charge in [-0.25, -0.2) is 8.42 Å². The summed E-state index contributed by atoms with van der Waals surface area (Å²) in [7, 11) is -3.94. The number of benzene rings is 2. The number of amides is 2. The molecule has 2 aromatic rings. The van der Waals surface area contributed by atoms with Gasteiger partial charge < -0.3 is 10.2 Å². The van der Waals surface area contributed by atoms with E-state index in [0.717, 1.165) is 10.6 Å². The average Bonchev–Trinajstić information content (AvgIpc) is 2.75. The van der Waals surface area contributed by atoms with E-state index in [0.29, 0.717) is 22.2 Å². The van der Waals surface area contributed by atoms with Crippen molar-refractivity contribution < 1.29 is 18.0 Å². The van der Waals surface area contributed by atoms with Crippen molar-refractivity contribution in [2.45, 2.75) is 33.4 Å². The molecule has 1 atom stereocenters. The van der Waals surface area contributed by atoms with E-state index in [-0.39, 0.29) is 34.1 Å². The normalized spacial score (nSPS) is 12.4. The van der Waals surface area contributed by atoms with Gasteiger partial charge in [0, 0.05) is 28.2 Å². The molecule has 0 saturated carbocycles. The van der Waals surface area contributed by atoms with Crippen LogP contribution in [0.5, 0.6) is 0 Å². The fourth-order valence-corrected chi connectivity index (χ4v) is 4.90. The van der Waals surface area contributed by atoms with Gasteiger partial charge in [-0.2, -0.15) is 0 Å². The molecule has 35 heavy (non-hydrogen) atoms. The highest BCUT2D eigenvalue weighted by Gasteiger charge is 2.31. The summed E-state index contributed by atoms with van der Waals surface area (Å²) in [6.45, 7) is 5.22. The van der Waals surface area contributed by atoms with Crippen LogP contribution in [0.1, 0.15) is 26.3 Å². The summed E-state index contributed by atoms with van der Waals surface area (Å²) in [4.78, 5) is 27.6. The van der Waals surface area contributed by atoms with Crippen molar-refractivity contribution in [3.05, 3.63) is 62.1 Å². The number of carbonyl (C=O) groups is 2. The molecular weight excluding hydrogens is 556 g/mol. The molecule has 0 saturated heterocycles. The zero-order chi connectivity index (χ0) is 26.5. The Morgan fingerprint density at radius 2 is 1.54 bits per heavy atom. The summed E-state index contributed by atoms with van der Waals surface area (Å²) in [5.41, 5.74) is 0.594. The lowest BCUT2D eigenvalue weighted by atomic mass is 10.1. The molecule has 0 heterocycles. The summed E-state index contributed by atoms with van der Waals surface area (Å²) in [5.74, 6) is -0.819. The van der Waals surface area contributed by atoms with E-state index in [4.69, 9.17) is 46.4 Å². The van der Waals surface area contributed by atoms with Gasteiger partial charge >= 0.3 is 0 Å². The number of hydrogen-bond acceptors (Lipinski definition) is 4. The summed E-state index contributed by atoms with van der Waals surface area (Å²) in [6.07, 6.45) is 0.955. The number of hydrogen-bond donors (Lipinski definition) is 1. The number of sulfonamides is 1. The maximum atomic E-state index is 13.5. The van der Waals surface area contributed by atoms with Crippen LogP contribution in [-0.4, -0.2) is 50.5 Å². The van der Waals surface area contributed by atoms with Gasteiger partial charge in [0.1, 0.15) is 12.6 Å². The first kappa shape index (κ1) is 29.5. The summed E-state index contributed by atoms with van der Waals surface area (Å²) >= 11 is 24.6. The van der Waals surface area contributed by atoms with E-state index in [2.05, 4.69) is 5.32 Å². The lowest BCUT2D eigenvalue weighted by Crippen LogP contribution is -2.51. The van der Waals surface area contributed by atoms with E-state index in [9.17, 15) is 18.0 Å². The van der Waals surface area contributed by atoms with Gasteiger partial charge in [-0.15, -0.1) is 0 Å². The second-order valence-electron chi connectivity index (χ2n) is 8.44. The van der Waals surface area contributed by atoms with E-state index in [1.165, 1.54) is 29.2 Å². The highest BCUT2D eigenvalue weighted by Crippen LogP contribution is 2.31. The number of nitrogens with zero attached hydrogens (tertiary/aromatic N) is 2. The van der Waals surface area contributed by atoms with Crippen LogP contribution in [-0.2, 0) is 26.2 Å². The number of rotatable bonds is 10. The van der Waals surface area contributed by atoms with Gasteiger partial charge in [0.05, 0.1) is 17.0 Å². The van der Waals surface area contributed by atoms with Gasteiger partial charge in [0.25, 0.3) is 0 Å². The quantitative estimate of drug-likeness (QED) is 0.414. The van der Waals surface area contributed by atoms with Crippen molar-refractivity contribution in [3.63, 3.8) is 0 Å². The largest absolute Gasteiger partial charge is 0.354 e. The van der Waals surface area contributed by atoms with Crippen molar-refractivity contribution >= 4 is 73.9 Å². The molecule has 0 bridgehead atoms. The summed E-state index contributed by atoms with van der Waals surface area (Å²) in [6, 6.07) is 8.16. The minimum Gasteiger partial charge on any atom is -0.354 e. The molecule has 2 aromatic carbocycles. The van der Waals surface area contributed by atoms with Crippen molar-refractivity contribution in [1.82, 2.24) is 10.2 Å². The molecule has 0 aliphatic rings. The highest BCUT2D eigenvalue weighted by molar-refractivity contribution is 7.92. The van der Waals surface area contributed by atoms with Gasteiger partial charge in [-0.3, -0.25) is 13.9 Å². The Morgan fingerprint density at radius 1 is 0.943 bits per heavy atom. The predicted octanol–water partition coefficient (Wildman–Crippen LogP) is 5.26. The number of carbonyl (C=O) groups excluding carboxylic acids is 2. The van der Waals surface area contributed by atoms with E-state index < -0.39 is 28.5 Å². The minimum absolute atomic E-state index is 0.0496. The van der Waals surface area contributed by atoms with Gasteiger partial charge in [-0.05, 0) is 48.7 Å². The predicted molar refractivity (Wildman–Crippen MR) is 143 cm³/mol. The van der Waals surface area contributed by atoms with Crippen LogP contribution in [0.3, 0.4) is 0 Å². The van der Waals surface area contributed by atoms with Crippen LogP contribution in [0.15, 0.2) is 36.4 Å². The van der Waals surface area contributed by atoms with Crippen molar-refractivity contribution in [2.24, 2.45) is 5.92 Å². The second kappa shape index (κ2) is 12.5. The number of anilines is 1. The Morgan fingerprint density at radius 3 is 2.11 bits per heavy atom. The van der Waals surface area contributed by atoms with Crippen LogP contribution in [0.4, 0.5) is 5.69 Å². The fraction of sp³-hybridized carbons (Fsp3) is 0.391. The first-order chi connectivity index (χ1) is 16.2. The molecule has 0 spiro atoms. The second-order valence-corrected chi connectivity index (χ2v) is 12.0. The molecule has 2 rings (SSSR count). The molecule has 0 fully saturated rings. The molecule has 2 amide bonds. The molecule has 1 N–H and O–H groups in total. The Labute approximate surface area is 226 Å². The smallest absolute Gasteiger partial charge is 0.244 e. The third-order valence-electron chi connectivity index (χ3n) is 5.06. The van der Waals surface area contributed by atoms with Crippen molar-refractivity contribution in [1.29, 1.82) is 0 Å². The van der Waals surface area contributed by atoms with Crippen molar-refractivity contribution in [3.8, 4) is 0 Å². The Kier molecular flexibility index (Phi) is 10.5. The highest BCUT2D eigenvalue weighted by atomic mass is 35.5. The molecule has 0 aliphatic carbocycles. The Hall–Kier alpha value is -1.71. The van der Waals surface area contributed by atoms with Crippen LogP contribution >= 0.6 is 46.4 Å². The number of nitrogens with one attached hydrogen (secondary N) is 1. The maximum Gasteiger partial charge on any atom is 0.244 e. The minimum atomic E-state index is -3.94. The zero-order valence-corrected chi connectivity index (χ0v) is 23.5. The third kappa shape index (κ3) is 8.43. The Balaban J connectivity index is 2.45. The fourth-order valence-electron chi connectivity index (χ4n) is 3.14. The summed E-state index contributed by atoms with van der Waals surface area (Å²) < 4.78 is 26.1. The first-order valence-electron chi connectivity index (χ1n) is 10.6.